The first-order valence-corrected chi connectivity index (χ1v) is 13.7. The summed E-state index contributed by atoms with van der Waals surface area (Å²) in [6.45, 7) is 0. The lowest BCUT2D eigenvalue weighted by molar-refractivity contribution is -0.132. The van der Waals surface area contributed by atoms with Crippen molar-refractivity contribution < 1.29 is 15.0 Å². The molecule has 0 saturated heterocycles. The molecular weight excluding hydrogens is 528 g/mol. The Bertz CT molecular complexity index is 1700. The van der Waals surface area contributed by atoms with Gasteiger partial charge in [0.25, 0.3) is 0 Å². The molecule has 3 unspecified atom stereocenters. The highest BCUT2D eigenvalue weighted by atomic mass is 35.5. The van der Waals surface area contributed by atoms with E-state index in [0.29, 0.717) is 34.3 Å². The molecule has 3 saturated carbocycles. The largest absolute Gasteiger partial charge is 0.389 e. The van der Waals surface area contributed by atoms with Crippen LogP contribution in [-0.2, 0) is 4.79 Å². The normalized spacial score (nSPS) is 29.8. The topological polar surface area (TPSA) is 125 Å². The molecule has 202 valence electrons. The van der Waals surface area contributed by atoms with Crippen LogP contribution in [0.1, 0.15) is 41.8 Å². The SMILES string of the molecule is CNC(=O)[C@]12CC1[C@@H](n1cnc3c(NC4C[C@H]4c4ccccc4)nc(C#Cc4cccc(Cl)c4)nc31)C(O)[C@@H]2O. The van der Waals surface area contributed by atoms with Crippen molar-refractivity contribution in [3.63, 3.8) is 0 Å². The number of carbonyl (C=O) groups excluding carboxylic acids is 1. The van der Waals surface area contributed by atoms with Gasteiger partial charge < -0.3 is 25.4 Å². The summed E-state index contributed by atoms with van der Waals surface area (Å²) in [4.78, 5) is 26.8. The number of carbonyl (C=O) groups is 1. The van der Waals surface area contributed by atoms with Crippen molar-refractivity contribution in [3.05, 3.63) is 82.9 Å². The van der Waals surface area contributed by atoms with Crippen molar-refractivity contribution in [2.45, 2.75) is 43.1 Å². The van der Waals surface area contributed by atoms with Crippen LogP contribution in [0.5, 0.6) is 0 Å². The Kier molecular flexibility index (Phi) is 5.82. The van der Waals surface area contributed by atoms with E-state index in [0.717, 1.165) is 12.0 Å². The van der Waals surface area contributed by atoms with Crippen LogP contribution in [0.2, 0.25) is 5.02 Å². The summed E-state index contributed by atoms with van der Waals surface area (Å²) in [7, 11) is 1.54. The van der Waals surface area contributed by atoms with E-state index in [4.69, 9.17) is 21.6 Å². The van der Waals surface area contributed by atoms with Crippen molar-refractivity contribution in [1.29, 1.82) is 0 Å². The van der Waals surface area contributed by atoms with Gasteiger partial charge in [0.2, 0.25) is 11.7 Å². The van der Waals surface area contributed by atoms with Crippen LogP contribution in [0.4, 0.5) is 5.82 Å². The minimum Gasteiger partial charge on any atom is -0.389 e. The lowest BCUT2D eigenvalue weighted by atomic mass is 9.98. The molecule has 9 nitrogen and oxygen atoms in total. The van der Waals surface area contributed by atoms with E-state index in [-0.39, 0.29) is 23.7 Å². The summed E-state index contributed by atoms with van der Waals surface area (Å²) in [5, 5.41) is 28.7. The molecule has 2 aromatic carbocycles. The number of hydrogen-bond donors (Lipinski definition) is 4. The second-order valence-electron chi connectivity index (χ2n) is 10.8. The molecule has 2 heterocycles. The highest BCUT2D eigenvalue weighted by molar-refractivity contribution is 6.30. The van der Waals surface area contributed by atoms with Crippen molar-refractivity contribution in [1.82, 2.24) is 24.8 Å². The van der Waals surface area contributed by atoms with Crippen molar-refractivity contribution in [2.75, 3.05) is 12.4 Å². The van der Waals surface area contributed by atoms with Crippen LogP contribution in [0, 0.1) is 23.2 Å². The summed E-state index contributed by atoms with van der Waals surface area (Å²) in [5.41, 5.74) is 2.02. The number of aliphatic hydroxyl groups is 2. The zero-order valence-electron chi connectivity index (χ0n) is 21.6. The zero-order chi connectivity index (χ0) is 27.6. The second kappa shape index (κ2) is 9.30. The summed E-state index contributed by atoms with van der Waals surface area (Å²) >= 11 is 6.13. The van der Waals surface area contributed by atoms with Gasteiger partial charge in [-0.25, -0.2) is 15.0 Å². The molecule has 40 heavy (non-hydrogen) atoms. The monoisotopic (exact) mass is 554 g/mol. The Morgan fingerprint density at radius 2 is 1.95 bits per heavy atom. The maximum absolute atomic E-state index is 12.7. The van der Waals surface area contributed by atoms with Gasteiger partial charge in [0.1, 0.15) is 6.10 Å². The van der Waals surface area contributed by atoms with Gasteiger partial charge in [0.15, 0.2) is 17.0 Å². The number of nitrogens with zero attached hydrogens (tertiary/aromatic N) is 4. The first-order valence-electron chi connectivity index (χ1n) is 13.3. The number of benzene rings is 2. The maximum atomic E-state index is 12.7. The third-order valence-electron chi connectivity index (χ3n) is 8.55. The highest BCUT2D eigenvalue weighted by Crippen LogP contribution is 2.67. The highest BCUT2D eigenvalue weighted by Gasteiger charge is 2.75. The molecule has 0 radical (unpaired) electrons. The quantitative estimate of drug-likeness (QED) is 0.280. The van der Waals surface area contributed by atoms with E-state index in [9.17, 15) is 15.0 Å². The molecule has 3 aliphatic rings. The van der Waals surface area contributed by atoms with E-state index in [1.807, 2.05) is 30.3 Å². The molecule has 4 aromatic rings. The van der Waals surface area contributed by atoms with Gasteiger partial charge >= 0.3 is 0 Å². The first-order chi connectivity index (χ1) is 19.4. The van der Waals surface area contributed by atoms with Crippen LogP contribution in [-0.4, -0.2) is 60.9 Å². The van der Waals surface area contributed by atoms with E-state index >= 15 is 0 Å². The summed E-state index contributed by atoms with van der Waals surface area (Å²) < 4.78 is 1.77. The third kappa shape index (κ3) is 3.94. The summed E-state index contributed by atoms with van der Waals surface area (Å²) in [5.74, 6) is 6.84. The fourth-order valence-electron chi connectivity index (χ4n) is 6.37. The predicted octanol–water partition coefficient (Wildman–Crippen LogP) is 2.88. The van der Waals surface area contributed by atoms with Gasteiger partial charge in [-0.3, -0.25) is 4.79 Å². The van der Waals surface area contributed by atoms with Gasteiger partial charge in [-0.2, -0.15) is 0 Å². The minimum atomic E-state index is -1.18. The Morgan fingerprint density at radius 1 is 1.12 bits per heavy atom. The molecule has 7 atom stereocenters. The Labute approximate surface area is 235 Å². The lowest BCUT2D eigenvalue weighted by Crippen LogP contribution is -2.41. The van der Waals surface area contributed by atoms with Crippen molar-refractivity contribution >= 4 is 34.5 Å². The molecular formula is C30H27ClN6O3. The maximum Gasteiger partial charge on any atom is 0.229 e. The van der Waals surface area contributed by atoms with E-state index in [1.165, 1.54) is 5.56 Å². The Balaban J connectivity index is 1.28. The van der Waals surface area contributed by atoms with E-state index in [1.54, 1.807) is 30.1 Å². The molecule has 2 aromatic heterocycles. The van der Waals surface area contributed by atoms with Crippen molar-refractivity contribution in [3.8, 4) is 11.8 Å². The van der Waals surface area contributed by atoms with Crippen LogP contribution in [0.15, 0.2) is 60.9 Å². The van der Waals surface area contributed by atoms with Crippen LogP contribution >= 0.6 is 11.6 Å². The number of imidazole rings is 1. The van der Waals surface area contributed by atoms with E-state index < -0.39 is 23.7 Å². The Morgan fingerprint density at radius 3 is 2.73 bits per heavy atom. The van der Waals surface area contributed by atoms with Crippen LogP contribution in [0.3, 0.4) is 0 Å². The van der Waals surface area contributed by atoms with Gasteiger partial charge in [0.05, 0.1) is 23.9 Å². The number of amides is 1. The zero-order valence-corrected chi connectivity index (χ0v) is 22.4. The second-order valence-corrected chi connectivity index (χ2v) is 11.3. The number of fused-ring (bicyclic) bond motifs is 2. The average molecular weight is 555 g/mol. The lowest BCUT2D eigenvalue weighted by Gasteiger charge is -2.23. The molecule has 10 heteroatoms. The summed E-state index contributed by atoms with van der Waals surface area (Å²) in [6, 6.07) is 17.2. The number of aliphatic hydroxyl groups excluding tert-OH is 2. The molecule has 0 spiro atoms. The molecule has 4 N–H and O–H groups in total. The van der Waals surface area contributed by atoms with Crippen molar-refractivity contribution in [2.24, 2.45) is 11.3 Å². The van der Waals surface area contributed by atoms with Crippen LogP contribution in [0.25, 0.3) is 11.2 Å². The number of nitrogens with one attached hydrogen (secondary N) is 2. The molecule has 3 fully saturated rings. The first kappa shape index (κ1) is 25.0. The van der Waals surface area contributed by atoms with E-state index in [2.05, 4.69) is 39.6 Å². The number of hydrogen-bond acceptors (Lipinski definition) is 7. The van der Waals surface area contributed by atoms with Crippen LogP contribution < -0.4 is 10.6 Å². The third-order valence-corrected chi connectivity index (χ3v) is 8.78. The number of anilines is 1. The summed E-state index contributed by atoms with van der Waals surface area (Å²) in [6.07, 6.45) is 0.725. The number of rotatable bonds is 5. The number of aromatic nitrogens is 4. The van der Waals surface area contributed by atoms with Gasteiger partial charge in [-0.1, -0.05) is 53.9 Å². The minimum absolute atomic E-state index is 0.183. The van der Waals surface area contributed by atoms with Gasteiger partial charge in [-0.15, -0.1) is 0 Å². The van der Waals surface area contributed by atoms with Gasteiger partial charge in [-0.05, 0) is 42.5 Å². The number of halogens is 1. The standard InChI is InChI=1S/C30H27ClN6O3/c1-32-29(40)30-14-20(30)24(25(38)26(30)39)37-15-33-23-27(34-21-13-19(21)17-7-3-2-4-8-17)35-22(36-28(23)37)11-10-16-6-5-9-18(31)12-16/h2-9,12,15,19-21,24-26,38-39H,13-14H2,1H3,(H,32,40)(H,34,35,36)/t19-,20?,21?,24+,25?,26-,30+/m0/s1. The molecule has 1 amide bonds. The molecule has 3 aliphatic carbocycles. The molecule has 0 aliphatic heterocycles. The Hall–Kier alpha value is -3.97. The van der Waals surface area contributed by atoms with Gasteiger partial charge in [0, 0.05) is 35.5 Å². The fraction of sp³-hybridized carbons (Fsp3) is 0.333. The average Bonchev–Trinajstić information content (AvgIpc) is 3.85. The smallest absolute Gasteiger partial charge is 0.229 e. The molecule has 7 rings (SSSR count). The molecule has 0 bridgehead atoms. The fourth-order valence-corrected chi connectivity index (χ4v) is 6.56. The predicted molar refractivity (Wildman–Crippen MR) is 150 cm³/mol.